The fourth-order valence-electron chi connectivity index (χ4n) is 7.45. The molecule has 0 radical (unpaired) electrons. The van der Waals surface area contributed by atoms with Crippen molar-refractivity contribution in [2.45, 2.75) is 12.7 Å². The molecule has 0 fully saturated rings. The van der Waals surface area contributed by atoms with Crippen LogP contribution in [0.4, 0.5) is 0 Å². The van der Waals surface area contributed by atoms with Gasteiger partial charge in [-0.25, -0.2) is 4.99 Å². The van der Waals surface area contributed by atoms with Gasteiger partial charge in [-0.05, 0) is 53.6 Å². The van der Waals surface area contributed by atoms with Crippen LogP contribution in [0, 0.1) is 0 Å². The minimum Gasteiger partial charge on any atom is -0.455 e. The lowest BCUT2D eigenvalue weighted by molar-refractivity contribution is 0.558. The molecule has 0 bridgehead atoms. The van der Waals surface area contributed by atoms with Gasteiger partial charge in [0.05, 0.1) is 0 Å². The zero-order valence-electron chi connectivity index (χ0n) is 27.5. The Labute approximate surface area is 302 Å². The van der Waals surface area contributed by atoms with Gasteiger partial charge in [-0.2, -0.15) is 0 Å². The normalized spacial score (nSPS) is 13.0. The van der Waals surface area contributed by atoms with Crippen LogP contribution in [0.25, 0.3) is 73.4 Å². The molecule has 10 aromatic rings. The van der Waals surface area contributed by atoms with Gasteiger partial charge in [0.25, 0.3) is 0 Å². The van der Waals surface area contributed by atoms with E-state index in [4.69, 9.17) is 15.1 Å². The first-order chi connectivity index (χ1) is 25.2. The Bertz CT molecular complexity index is 2950. The van der Waals surface area contributed by atoms with E-state index in [1.165, 1.54) is 40.5 Å². The molecule has 0 amide bonds. The highest BCUT2D eigenvalue weighted by Crippen LogP contribution is 2.44. The lowest BCUT2D eigenvalue weighted by Gasteiger charge is -2.18. The van der Waals surface area contributed by atoms with Crippen molar-refractivity contribution in [2.75, 3.05) is 0 Å². The van der Waals surface area contributed by atoms with Crippen molar-refractivity contribution in [1.29, 1.82) is 0 Å². The van der Waals surface area contributed by atoms with Crippen LogP contribution in [0.3, 0.4) is 0 Å². The summed E-state index contributed by atoms with van der Waals surface area (Å²) in [5.74, 6) is 0.496. The molecule has 0 aliphatic carbocycles. The van der Waals surface area contributed by atoms with Crippen molar-refractivity contribution in [3.05, 3.63) is 168 Å². The number of furan rings is 1. The number of nitrogens with two attached hydrogens (primary N) is 1. The Morgan fingerprint density at radius 1 is 0.588 bits per heavy atom. The van der Waals surface area contributed by atoms with Crippen molar-refractivity contribution in [3.8, 4) is 11.1 Å². The third-order valence-corrected chi connectivity index (χ3v) is 12.1. The van der Waals surface area contributed by atoms with Crippen molar-refractivity contribution >= 4 is 90.8 Å². The summed E-state index contributed by atoms with van der Waals surface area (Å²) in [5.41, 5.74) is 14.3. The molecule has 3 aromatic heterocycles. The van der Waals surface area contributed by atoms with Crippen LogP contribution in [0.1, 0.15) is 22.9 Å². The Hall–Kier alpha value is -5.79. The van der Waals surface area contributed by atoms with Gasteiger partial charge in [-0.1, -0.05) is 109 Å². The van der Waals surface area contributed by atoms with Crippen LogP contribution in [-0.4, -0.2) is 5.84 Å². The molecular weight excluding hydrogens is 663 g/mol. The van der Waals surface area contributed by atoms with Crippen LogP contribution in [0.15, 0.2) is 161 Å². The quantitative estimate of drug-likeness (QED) is 0.129. The lowest BCUT2D eigenvalue weighted by atomic mass is 9.97. The number of fused-ring (bicyclic) bond motifs is 9. The van der Waals surface area contributed by atoms with Gasteiger partial charge in [0.1, 0.15) is 23.2 Å². The number of benzene rings is 7. The summed E-state index contributed by atoms with van der Waals surface area (Å²) < 4.78 is 11.4. The molecule has 0 spiro atoms. The van der Waals surface area contributed by atoms with E-state index in [0.717, 1.165) is 49.6 Å². The van der Waals surface area contributed by atoms with Gasteiger partial charge in [-0.15, -0.1) is 22.7 Å². The van der Waals surface area contributed by atoms with Gasteiger partial charge < -0.3 is 10.2 Å². The Balaban J connectivity index is 1.12. The number of nitrogens with zero attached hydrogens (tertiary/aromatic N) is 1. The van der Waals surface area contributed by atoms with Crippen molar-refractivity contribution in [2.24, 2.45) is 10.7 Å². The summed E-state index contributed by atoms with van der Waals surface area (Å²) >= 11 is 3.61. The summed E-state index contributed by atoms with van der Waals surface area (Å²) in [5, 5.41) is 10.8. The number of thiophene rings is 2. The molecule has 1 unspecified atom stereocenters. The second-order valence-electron chi connectivity index (χ2n) is 12.9. The summed E-state index contributed by atoms with van der Waals surface area (Å²) in [6.45, 7) is 0.658. The van der Waals surface area contributed by atoms with E-state index < -0.39 is 0 Å². The molecule has 0 aliphatic rings. The van der Waals surface area contributed by atoms with E-state index in [-0.39, 0.29) is 6.17 Å². The average molecular weight is 694 g/mol. The van der Waals surface area contributed by atoms with E-state index in [2.05, 4.69) is 139 Å². The molecular formula is C45H31N3OS2. The molecule has 6 heteroatoms. The van der Waals surface area contributed by atoms with Gasteiger partial charge >= 0.3 is 0 Å². The van der Waals surface area contributed by atoms with E-state index in [9.17, 15) is 0 Å². The second-order valence-corrected chi connectivity index (χ2v) is 15.0. The molecule has 4 nitrogen and oxygen atoms in total. The predicted molar refractivity (Wildman–Crippen MR) is 218 cm³/mol. The SMILES string of the molecule is NC(=NC(NCc1ccccc1)c1cccc2sc3ccccc3c12)c1ccc2sc3cccc(-c4cccc5c4oc4ccccc45)c3c2c1. The van der Waals surface area contributed by atoms with Crippen molar-refractivity contribution < 1.29 is 4.42 Å². The van der Waals surface area contributed by atoms with E-state index in [1.807, 2.05) is 29.5 Å². The first-order valence-electron chi connectivity index (χ1n) is 17.1. The number of aliphatic imine (C=N–C) groups is 1. The van der Waals surface area contributed by atoms with Crippen molar-refractivity contribution in [1.82, 2.24) is 5.32 Å². The van der Waals surface area contributed by atoms with Gasteiger partial charge in [0, 0.05) is 74.4 Å². The number of hydrogen-bond acceptors (Lipinski definition) is 5. The van der Waals surface area contributed by atoms with Gasteiger partial charge in [-0.3, -0.25) is 5.32 Å². The Morgan fingerprint density at radius 2 is 1.25 bits per heavy atom. The van der Waals surface area contributed by atoms with Crippen LogP contribution < -0.4 is 11.1 Å². The smallest absolute Gasteiger partial charge is 0.143 e. The van der Waals surface area contributed by atoms with Crippen LogP contribution in [-0.2, 0) is 6.54 Å². The molecule has 1 atom stereocenters. The zero-order valence-corrected chi connectivity index (χ0v) is 29.1. The van der Waals surface area contributed by atoms with E-state index in [1.54, 1.807) is 11.3 Å². The molecule has 3 N–H and O–H groups in total. The fraction of sp³-hybridized carbons (Fsp3) is 0.0444. The first-order valence-corrected chi connectivity index (χ1v) is 18.7. The highest BCUT2D eigenvalue weighted by Gasteiger charge is 2.20. The standard InChI is InChI=1S/C45H31N3OS2/c46-44(48-45(47-26-27-11-2-1-3-12-27)34-18-10-22-40-42(34)33-14-5-7-20-37(33)50-40)28-23-24-38-35(25-28)41-30(15-9-21-39(41)51-38)32-17-8-16-31-29-13-4-6-19-36(29)49-43(31)32/h1-25,45,47H,26H2,(H2,46,48). The predicted octanol–water partition coefficient (Wildman–Crippen LogP) is 12.2. The number of rotatable bonds is 7. The maximum absolute atomic E-state index is 7.01. The zero-order chi connectivity index (χ0) is 33.9. The maximum Gasteiger partial charge on any atom is 0.143 e. The van der Waals surface area contributed by atoms with Crippen LogP contribution in [0.5, 0.6) is 0 Å². The third kappa shape index (κ3) is 5.11. The third-order valence-electron chi connectivity index (χ3n) is 9.83. The van der Waals surface area contributed by atoms with E-state index >= 15 is 0 Å². The van der Waals surface area contributed by atoms with Gasteiger partial charge in [0.2, 0.25) is 0 Å². The maximum atomic E-state index is 7.01. The molecule has 0 saturated heterocycles. The monoisotopic (exact) mass is 693 g/mol. The molecule has 3 heterocycles. The first kappa shape index (κ1) is 30.1. The lowest BCUT2D eigenvalue weighted by Crippen LogP contribution is -2.24. The number of para-hydroxylation sites is 2. The summed E-state index contributed by atoms with van der Waals surface area (Å²) in [7, 11) is 0. The average Bonchev–Trinajstić information content (AvgIpc) is 3.88. The molecule has 7 aromatic carbocycles. The summed E-state index contributed by atoms with van der Waals surface area (Å²) in [6.07, 6.45) is -0.358. The number of nitrogens with one attached hydrogen (secondary N) is 1. The van der Waals surface area contributed by atoms with Crippen LogP contribution >= 0.6 is 22.7 Å². The Kier molecular flexibility index (Phi) is 7.20. The van der Waals surface area contributed by atoms with E-state index in [0.29, 0.717) is 12.4 Å². The molecule has 0 aliphatic heterocycles. The van der Waals surface area contributed by atoms with Gasteiger partial charge in [0.15, 0.2) is 0 Å². The highest BCUT2D eigenvalue weighted by molar-refractivity contribution is 7.26. The largest absolute Gasteiger partial charge is 0.455 e. The summed E-state index contributed by atoms with van der Waals surface area (Å²) in [6, 6.07) is 53.3. The minimum absolute atomic E-state index is 0.358. The second kappa shape index (κ2) is 12.2. The number of amidine groups is 1. The molecule has 51 heavy (non-hydrogen) atoms. The highest BCUT2D eigenvalue weighted by atomic mass is 32.1. The van der Waals surface area contributed by atoms with Crippen LogP contribution in [0.2, 0.25) is 0 Å². The topological polar surface area (TPSA) is 63.5 Å². The minimum atomic E-state index is -0.358. The van der Waals surface area contributed by atoms with Crippen molar-refractivity contribution in [3.63, 3.8) is 0 Å². The molecule has 244 valence electrons. The fourth-order valence-corrected chi connectivity index (χ4v) is 9.70. The number of hydrogen-bond donors (Lipinski definition) is 2. The summed E-state index contributed by atoms with van der Waals surface area (Å²) in [4.78, 5) is 5.26. The molecule has 10 rings (SSSR count). The molecule has 0 saturated carbocycles. The Morgan fingerprint density at radius 3 is 2.14 bits per heavy atom.